The second kappa shape index (κ2) is 12.3. The van der Waals surface area contributed by atoms with Gasteiger partial charge in [-0.15, -0.1) is 0 Å². The minimum Gasteiger partial charge on any atom is -0.490 e. The van der Waals surface area contributed by atoms with Crippen LogP contribution in [0.5, 0.6) is 11.5 Å². The second-order valence-corrected chi connectivity index (χ2v) is 9.42. The highest BCUT2D eigenvalue weighted by Gasteiger charge is 2.22. The quantitative estimate of drug-likeness (QED) is 0.369. The largest absolute Gasteiger partial charge is 0.490 e. The van der Waals surface area contributed by atoms with Gasteiger partial charge < -0.3 is 24.6 Å². The molecule has 0 radical (unpaired) electrons. The Hall–Kier alpha value is -3.36. The van der Waals surface area contributed by atoms with Crippen LogP contribution in [0, 0.1) is 12.7 Å². The molecule has 37 heavy (non-hydrogen) atoms. The standard InChI is InChI=1S/C28H29ClFN3O3S/c1-3-35-26-16-20(28(37)33-14-12-32(13-15-33)24-7-5-4-6-23(24)30)9-11-25(26)36-18-27(34)31-21-10-8-19(2)22(29)17-21/h4-11,16-17H,3,12-15,18H2,1-2H3,(H,31,34). The number of anilines is 2. The Labute approximate surface area is 226 Å². The number of amides is 1. The third kappa shape index (κ3) is 6.70. The molecule has 194 valence electrons. The molecule has 1 saturated heterocycles. The maximum atomic E-state index is 14.2. The first-order valence-electron chi connectivity index (χ1n) is 12.1. The molecule has 3 aromatic carbocycles. The summed E-state index contributed by atoms with van der Waals surface area (Å²) in [6.45, 7) is 6.72. The van der Waals surface area contributed by atoms with Crippen molar-refractivity contribution in [2.45, 2.75) is 13.8 Å². The van der Waals surface area contributed by atoms with Gasteiger partial charge in [-0.25, -0.2) is 4.39 Å². The molecule has 0 spiro atoms. The van der Waals surface area contributed by atoms with Crippen molar-refractivity contribution in [1.82, 2.24) is 4.90 Å². The van der Waals surface area contributed by atoms with Crippen LogP contribution in [0.4, 0.5) is 15.8 Å². The summed E-state index contributed by atoms with van der Waals surface area (Å²) in [5, 5.41) is 3.36. The molecule has 1 fully saturated rings. The molecule has 1 heterocycles. The smallest absolute Gasteiger partial charge is 0.262 e. The van der Waals surface area contributed by atoms with E-state index in [0.717, 1.165) is 11.1 Å². The highest BCUT2D eigenvalue weighted by atomic mass is 35.5. The van der Waals surface area contributed by atoms with Gasteiger partial charge in [0, 0.05) is 42.5 Å². The molecule has 3 aromatic rings. The highest BCUT2D eigenvalue weighted by molar-refractivity contribution is 7.80. The van der Waals surface area contributed by atoms with Crippen LogP contribution in [0.2, 0.25) is 5.02 Å². The van der Waals surface area contributed by atoms with Crippen LogP contribution in [-0.2, 0) is 4.79 Å². The average molecular weight is 542 g/mol. The molecule has 4 rings (SSSR count). The van der Waals surface area contributed by atoms with Crippen molar-refractivity contribution in [2.24, 2.45) is 0 Å². The van der Waals surface area contributed by atoms with E-state index in [-0.39, 0.29) is 18.3 Å². The van der Waals surface area contributed by atoms with E-state index in [1.165, 1.54) is 6.07 Å². The first-order chi connectivity index (χ1) is 17.9. The fraction of sp³-hybridized carbons (Fsp3) is 0.286. The Balaban J connectivity index is 1.37. The van der Waals surface area contributed by atoms with Crippen molar-refractivity contribution in [3.63, 3.8) is 0 Å². The molecule has 0 atom stereocenters. The first kappa shape index (κ1) is 26.7. The number of carbonyl (C=O) groups is 1. The predicted molar refractivity (Wildman–Crippen MR) is 150 cm³/mol. The second-order valence-electron chi connectivity index (χ2n) is 8.63. The summed E-state index contributed by atoms with van der Waals surface area (Å²) in [6, 6.07) is 17.6. The zero-order valence-corrected chi connectivity index (χ0v) is 22.4. The van der Waals surface area contributed by atoms with E-state index in [4.69, 9.17) is 33.3 Å². The maximum Gasteiger partial charge on any atom is 0.262 e. The van der Waals surface area contributed by atoms with Gasteiger partial charge in [0.05, 0.1) is 12.3 Å². The van der Waals surface area contributed by atoms with Gasteiger partial charge in [0.25, 0.3) is 5.91 Å². The number of hydrogen-bond donors (Lipinski definition) is 1. The van der Waals surface area contributed by atoms with E-state index in [0.29, 0.717) is 65.7 Å². The van der Waals surface area contributed by atoms with Crippen molar-refractivity contribution in [2.75, 3.05) is 49.6 Å². The monoisotopic (exact) mass is 541 g/mol. The normalized spacial score (nSPS) is 13.3. The Morgan fingerprint density at radius 1 is 1.03 bits per heavy atom. The highest BCUT2D eigenvalue weighted by Crippen LogP contribution is 2.30. The van der Waals surface area contributed by atoms with Gasteiger partial charge in [-0.3, -0.25) is 4.79 Å². The number of rotatable bonds is 8. The number of benzene rings is 3. The zero-order valence-electron chi connectivity index (χ0n) is 20.8. The lowest BCUT2D eigenvalue weighted by atomic mass is 10.1. The van der Waals surface area contributed by atoms with Crippen LogP contribution in [0.25, 0.3) is 0 Å². The summed E-state index contributed by atoms with van der Waals surface area (Å²) in [6.07, 6.45) is 0. The molecule has 1 aliphatic heterocycles. The average Bonchev–Trinajstić information content (AvgIpc) is 2.90. The molecule has 6 nitrogen and oxygen atoms in total. The number of thiocarbonyl (C=S) groups is 1. The molecular weight excluding hydrogens is 513 g/mol. The van der Waals surface area contributed by atoms with Crippen molar-refractivity contribution >= 4 is 46.1 Å². The number of para-hydroxylation sites is 1. The van der Waals surface area contributed by atoms with Gasteiger partial charge in [0.1, 0.15) is 10.8 Å². The Bertz CT molecular complexity index is 1280. The Kier molecular flexibility index (Phi) is 8.84. The Morgan fingerprint density at radius 3 is 2.49 bits per heavy atom. The van der Waals surface area contributed by atoms with E-state index in [9.17, 15) is 9.18 Å². The first-order valence-corrected chi connectivity index (χ1v) is 12.9. The predicted octanol–water partition coefficient (Wildman–Crippen LogP) is 5.70. The minimum absolute atomic E-state index is 0.187. The third-order valence-corrected chi connectivity index (χ3v) is 6.97. The molecule has 1 N–H and O–H groups in total. The molecule has 0 aliphatic carbocycles. The molecule has 0 bridgehead atoms. The third-order valence-electron chi connectivity index (χ3n) is 6.06. The van der Waals surface area contributed by atoms with E-state index >= 15 is 0 Å². The van der Waals surface area contributed by atoms with Gasteiger partial charge in [-0.2, -0.15) is 0 Å². The van der Waals surface area contributed by atoms with Gasteiger partial charge >= 0.3 is 0 Å². The fourth-order valence-electron chi connectivity index (χ4n) is 4.08. The maximum absolute atomic E-state index is 14.2. The lowest BCUT2D eigenvalue weighted by Crippen LogP contribution is -2.48. The van der Waals surface area contributed by atoms with E-state index in [2.05, 4.69) is 10.2 Å². The van der Waals surface area contributed by atoms with E-state index < -0.39 is 0 Å². The van der Waals surface area contributed by atoms with Crippen LogP contribution >= 0.6 is 23.8 Å². The number of hydrogen-bond acceptors (Lipinski definition) is 5. The van der Waals surface area contributed by atoms with Crippen LogP contribution < -0.4 is 19.7 Å². The molecule has 1 aliphatic rings. The van der Waals surface area contributed by atoms with Crippen LogP contribution in [-0.4, -0.2) is 55.2 Å². The van der Waals surface area contributed by atoms with E-state index in [1.54, 1.807) is 30.3 Å². The van der Waals surface area contributed by atoms with Crippen molar-refractivity contribution < 1.29 is 18.7 Å². The van der Waals surface area contributed by atoms with Crippen molar-refractivity contribution in [3.05, 3.63) is 82.6 Å². The summed E-state index contributed by atoms with van der Waals surface area (Å²) in [7, 11) is 0. The SMILES string of the molecule is CCOc1cc(C(=S)N2CCN(c3ccccc3F)CC2)ccc1OCC(=O)Nc1ccc(C)c(Cl)c1. The Morgan fingerprint density at radius 2 is 1.78 bits per heavy atom. The van der Waals surface area contributed by atoms with Gasteiger partial charge in [-0.05, 0) is 61.9 Å². The van der Waals surface area contributed by atoms with Crippen LogP contribution in [0.3, 0.4) is 0 Å². The summed E-state index contributed by atoms with van der Waals surface area (Å²) in [5.74, 6) is 0.440. The van der Waals surface area contributed by atoms with Gasteiger partial charge in [-0.1, -0.05) is 42.0 Å². The number of ether oxygens (including phenoxy) is 2. The number of nitrogens with one attached hydrogen (secondary N) is 1. The van der Waals surface area contributed by atoms with Gasteiger partial charge in [0.2, 0.25) is 0 Å². The summed E-state index contributed by atoms with van der Waals surface area (Å²) in [4.78, 5) is 17.2. The minimum atomic E-state index is -0.310. The fourth-order valence-corrected chi connectivity index (χ4v) is 4.57. The van der Waals surface area contributed by atoms with Gasteiger partial charge in [0.15, 0.2) is 18.1 Å². The van der Waals surface area contributed by atoms with Crippen molar-refractivity contribution in [1.29, 1.82) is 0 Å². The summed E-state index contributed by atoms with van der Waals surface area (Å²) < 4.78 is 25.7. The number of piperazine rings is 1. The number of nitrogens with zero attached hydrogens (tertiary/aromatic N) is 2. The molecule has 0 saturated carbocycles. The zero-order chi connectivity index (χ0) is 26.4. The van der Waals surface area contributed by atoms with E-state index in [1.807, 2.05) is 43.0 Å². The number of aryl methyl sites for hydroxylation is 1. The number of carbonyl (C=O) groups excluding carboxylic acids is 1. The molecular formula is C28H29ClFN3O3S. The molecule has 1 amide bonds. The summed E-state index contributed by atoms with van der Waals surface area (Å²) in [5.41, 5.74) is 2.97. The lowest BCUT2D eigenvalue weighted by Gasteiger charge is -2.37. The number of halogens is 2. The van der Waals surface area contributed by atoms with Crippen molar-refractivity contribution in [3.8, 4) is 11.5 Å². The topological polar surface area (TPSA) is 54.0 Å². The lowest BCUT2D eigenvalue weighted by molar-refractivity contribution is -0.118. The molecule has 9 heteroatoms. The molecule has 0 aromatic heterocycles. The van der Waals surface area contributed by atoms with Crippen LogP contribution in [0.1, 0.15) is 18.1 Å². The summed E-state index contributed by atoms with van der Waals surface area (Å²) >= 11 is 11.9. The molecule has 0 unspecified atom stereocenters. The van der Waals surface area contributed by atoms with Crippen LogP contribution in [0.15, 0.2) is 60.7 Å².